The van der Waals surface area contributed by atoms with E-state index in [4.69, 9.17) is 5.73 Å². The predicted molar refractivity (Wildman–Crippen MR) is 72.8 cm³/mol. The average Bonchev–Trinajstić information content (AvgIpc) is 2.55. The van der Waals surface area contributed by atoms with E-state index in [0.717, 1.165) is 31.5 Å². The molecule has 1 unspecified atom stereocenters. The molecule has 1 aromatic carbocycles. The van der Waals surface area contributed by atoms with Crippen LogP contribution in [0.1, 0.15) is 37.3 Å². The predicted octanol–water partition coefficient (Wildman–Crippen LogP) is 2.29. The number of benzene rings is 1. The van der Waals surface area contributed by atoms with E-state index >= 15 is 0 Å². The maximum Gasteiger partial charge on any atom is 0.222 e. The van der Waals surface area contributed by atoms with Crippen molar-refractivity contribution in [1.29, 1.82) is 0 Å². The third kappa shape index (κ3) is 3.33. The van der Waals surface area contributed by atoms with E-state index in [1.165, 1.54) is 5.56 Å². The van der Waals surface area contributed by atoms with Crippen LogP contribution in [-0.4, -0.2) is 17.4 Å². The highest BCUT2D eigenvalue weighted by Gasteiger charge is 2.19. The highest BCUT2D eigenvalue weighted by Crippen LogP contribution is 2.19. The van der Waals surface area contributed by atoms with Gasteiger partial charge in [0.25, 0.3) is 0 Å². The van der Waals surface area contributed by atoms with Crippen molar-refractivity contribution in [2.45, 2.75) is 39.3 Å². The van der Waals surface area contributed by atoms with Gasteiger partial charge in [0.05, 0.1) is 0 Å². The zero-order valence-electron chi connectivity index (χ0n) is 11.1. The van der Waals surface area contributed by atoms with Crippen LogP contribution < -0.4 is 5.73 Å². The molecule has 0 radical (unpaired) electrons. The van der Waals surface area contributed by atoms with Crippen LogP contribution in [0.4, 0.5) is 0 Å². The molecular weight excluding hydrogens is 224 g/mol. The third-order valence-corrected chi connectivity index (χ3v) is 3.73. The van der Waals surface area contributed by atoms with Crippen molar-refractivity contribution in [3.63, 3.8) is 0 Å². The molecule has 0 saturated carbocycles. The Balaban J connectivity index is 2.00. The van der Waals surface area contributed by atoms with Crippen LogP contribution in [0.3, 0.4) is 0 Å². The largest absolute Gasteiger partial charge is 0.338 e. The van der Waals surface area contributed by atoms with Gasteiger partial charge in [0.2, 0.25) is 5.91 Å². The zero-order chi connectivity index (χ0) is 13.0. The van der Waals surface area contributed by atoms with E-state index < -0.39 is 0 Å². The number of nitrogens with zero attached hydrogens (tertiary/aromatic N) is 1. The minimum absolute atomic E-state index is 0.294. The molecule has 18 heavy (non-hydrogen) atoms. The Morgan fingerprint density at radius 1 is 1.22 bits per heavy atom. The number of hydrogen-bond donors (Lipinski definition) is 1. The summed E-state index contributed by atoms with van der Waals surface area (Å²) in [7, 11) is 0. The summed E-state index contributed by atoms with van der Waals surface area (Å²) in [6.07, 6.45) is 2.84. The lowest BCUT2D eigenvalue weighted by Gasteiger charge is -2.20. The summed E-state index contributed by atoms with van der Waals surface area (Å²) in [4.78, 5) is 14.0. The Morgan fingerprint density at radius 3 is 2.56 bits per heavy atom. The quantitative estimate of drug-likeness (QED) is 0.889. The molecule has 1 fully saturated rings. The van der Waals surface area contributed by atoms with E-state index in [9.17, 15) is 4.79 Å². The maximum atomic E-state index is 12.0. The summed E-state index contributed by atoms with van der Waals surface area (Å²) in [6, 6.07) is 8.23. The normalized spacial score (nSPS) is 20.9. The summed E-state index contributed by atoms with van der Waals surface area (Å²) in [5.74, 6) is 0.959. The molecule has 2 rings (SSSR count). The van der Waals surface area contributed by atoms with Gasteiger partial charge in [0.15, 0.2) is 0 Å². The highest BCUT2D eigenvalue weighted by atomic mass is 16.2. The van der Waals surface area contributed by atoms with Gasteiger partial charge >= 0.3 is 0 Å². The Bertz CT molecular complexity index is 399. The number of carbonyl (C=O) groups is 1. The first-order valence-corrected chi connectivity index (χ1v) is 6.74. The SMILES string of the molecule is CC1CCC(=O)N(Cc2ccc(CN)cc2)CC1. The second kappa shape index (κ2) is 6.01. The Labute approximate surface area is 109 Å². The molecule has 1 saturated heterocycles. The molecule has 1 heterocycles. The van der Waals surface area contributed by atoms with Gasteiger partial charge in [0, 0.05) is 26.1 Å². The Hall–Kier alpha value is -1.35. The highest BCUT2D eigenvalue weighted by molar-refractivity contribution is 5.76. The molecule has 0 aliphatic carbocycles. The molecule has 3 nitrogen and oxygen atoms in total. The van der Waals surface area contributed by atoms with Crippen LogP contribution in [0, 0.1) is 5.92 Å². The number of carbonyl (C=O) groups excluding carboxylic acids is 1. The number of hydrogen-bond acceptors (Lipinski definition) is 2. The molecule has 2 N–H and O–H groups in total. The van der Waals surface area contributed by atoms with Crippen molar-refractivity contribution < 1.29 is 4.79 Å². The lowest BCUT2D eigenvalue weighted by molar-refractivity contribution is -0.131. The van der Waals surface area contributed by atoms with Gasteiger partial charge in [-0.05, 0) is 29.9 Å². The summed E-state index contributed by atoms with van der Waals surface area (Å²) < 4.78 is 0. The summed E-state index contributed by atoms with van der Waals surface area (Å²) >= 11 is 0. The first-order chi connectivity index (χ1) is 8.69. The molecule has 1 aliphatic rings. The van der Waals surface area contributed by atoms with Crippen molar-refractivity contribution in [3.05, 3.63) is 35.4 Å². The molecule has 1 atom stereocenters. The maximum absolute atomic E-state index is 12.0. The van der Waals surface area contributed by atoms with E-state index in [1.807, 2.05) is 17.0 Å². The fraction of sp³-hybridized carbons (Fsp3) is 0.533. The minimum atomic E-state index is 0.294. The average molecular weight is 246 g/mol. The molecule has 0 spiro atoms. The molecule has 0 bridgehead atoms. The van der Waals surface area contributed by atoms with Crippen molar-refractivity contribution in [1.82, 2.24) is 4.90 Å². The van der Waals surface area contributed by atoms with Gasteiger partial charge < -0.3 is 10.6 Å². The molecule has 1 aliphatic heterocycles. The van der Waals surface area contributed by atoms with E-state index in [0.29, 0.717) is 24.8 Å². The van der Waals surface area contributed by atoms with Crippen LogP contribution in [0.2, 0.25) is 0 Å². The van der Waals surface area contributed by atoms with E-state index in [1.54, 1.807) is 0 Å². The second-order valence-electron chi connectivity index (χ2n) is 5.27. The van der Waals surface area contributed by atoms with Crippen LogP contribution in [0.25, 0.3) is 0 Å². The van der Waals surface area contributed by atoms with Gasteiger partial charge in [-0.3, -0.25) is 4.79 Å². The summed E-state index contributed by atoms with van der Waals surface area (Å²) in [5, 5.41) is 0. The van der Waals surface area contributed by atoms with Gasteiger partial charge in [-0.1, -0.05) is 31.2 Å². The zero-order valence-corrected chi connectivity index (χ0v) is 11.1. The monoisotopic (exact) mass is 246 g/mol. The lowest BCUT2D eigenvalue weighted by Crippen LogP contribution is -2.29. The van der Waals surface area contributed by atoms with Crippen molar-refractivity contribution in [2.75, 3.05) is 6.54 Å². The van der Waals surface area contributed by atoms with Crippen LogP contribution >= 0.6 is 0 Å². The van der Waals surface area contributed by atoms with Gasteiger partial charge in [-0.15, -0.1) is 0 Å². The van der Waals surface area contributed by atoms with Gasteiger partial charge in [-0.25, -0.2) is 0 Å². The third-order valence-electron chi connectivity index (χ3n) is 3.73. The number of rotatable bonds is 3. The Morgan fingerprint density at radius 2 is 1.89 bits per heavy atom. The lowest BCUT2D eigenvalue weighted by atomic mass is 10.0. The first kappa shape index (κ1) is 13.1. The smallest absolute Gasteiger partial charge is 0.222 e. The van der Waals surface area contributed by atoms with E-state index in [2.05, 4.69) is 19.1 Å². The van der Waals surface area contributed by atoms with Crippen molar-refractivity contribution in [2.24, 2.45) is 11.7 Å². The Kier molecular flexibility index (Phi) is 4.37. The molecular formula is C15H22N2O. The van der Waals surface area contributed by atoms with Crippen LogP contribution in [0.15, 0.2) is 24.3 Å². The summed E-state index contributed by atoms with van der Waals surface area (Å²) in [6.45, 7) is 4.42. The van der Waals surface area contributed by atoms with Crippen molar-refractivity contribution in [3.8, 4) is 0 Å². The second-order valence-corrected chi connectivity index (χ2v) is 5.27. The van der Waals surface area contributed by atoms with E-state index in [-0.39, 0.29) is 0 Å². The van der Waals surface area contributed by atoms with Gasteiger partial charge in [0.1, 0.15) is 0 Å². The number of amides is 1. The fourth-order valence-electron chi connectivity index (χ4n) is 2.34. The minimum Gasteiger partial charge on any atom is -0.338 e. The van der Waals surface area contributed by atoms with Crippen LogP contribution in [0.5, 0.6) is 0 Å². The van der Waals surface area contributed by atoms with Crippen molar-refractivity contribution >= 4 is 5.91 Å². The molecule has 1 amide bonds. The van der Waals surface area contributed by atoms with Crippen LogP contribution in [-0.2, 0) is 17.9 Å². The topological polar surface area (TPSA) is 46.3 Å². The van der Waals surface area contributed by atoms with Gasteiger partial charge in [-0.2, -0.15) is 0 Å². The molecule has 1 aromatic rings. The standard InChI is InChI=1S/C15H22N2O/c1-12-2-7-15(18)17(9-8-12)11-14-5-3-13(10-16)4-6-14/h3-6,12H,2,7-11,16H2,1H3. The molecule has 3 heteroatoms. The fourth-order valence-corrected chi connectivity index (χ4v) is 2.34. The number of likely N-dealkylation sites (tertiary alicyclic amines) is 1. The number of nitrogens with two attached hydrogens (primary N) is 1. The molecule has 0 aromatic heterocycles. The molecule has 98 valence electrons. The first-order valence-electron chi connectivity index (χ1n) is 6.74. The summed E-state index contributed by atoms with van der Waals surface area (Å²) in [5.41, 5.74) is 7.90.